The highest BCUT2D eigenvalue weighted by Gasteiger charge is 2.17. The van der Waals surface area contributed by atoms with Gasteiger partial charge in [-0.2, -0.15) is 5.10 Å². The zero-order valence-corrected chi connectivity index (χ0v) is 13.2. The number of halogens is 2. The van der Waals surface area contributed by atoms with Crippen molar-refractivity contribution in [1.82, 2.24) is 15.2 Å². The summed E-state index contributed by atoms with van der Waals surface area (Å²) in [6, 6.07) is 7.70. The Morgan fingerprint density at radius 2 is 2.05 bits per heavy atom. The van der Waals surface area contributed by atoms with Gasteiger partial charge in [0, 0.05) is 18.5 Å². The second-order valence-corrected chi connectivity index (χ2v) is 5.67. The van der Waals surface area contributed by atoms with Gasteiger partial charge >= 0.3 is 0 Å². The number of benzene rings is 1. The van der Waals surface area contributed by atoms with Gasteiger partial charge in [0.25, 0.3) is 0 Å². The van der Waals surface area contributed by atoms with Crippen LogP contribution in [0.2, 0.25) is 5.02 Å². The lowest BCUT2D eigenvalue weighted by Gasteiger charge is -2.17. The van der Waals surface area contributed by atoms with Gasteiger partial charge in [-0.15, -0.1) is 0 Å². The molecule has 1 aromatic heterocycles. The van der Waals surface area contributed by atoms with Crippen molar-refractivity contribution in [3.05, 3.63) is 50.7 Å². The van der Waals surface area contributed by atoms with Gasteiger partial charge in [-0.3, -0.25) is 16.0 Å². The highest BCUT2D eigenvalue weighted by Crippen LogP contribution is 2.26. The smallest absolute Gasteiger partial charge is 0.0738 e. The highest BCUT2D eigenvalue weighted by atomic mass is 79.9. The van der Waals surface area contributed by atoms with Crippen LogP contribution < -0.4 is 11.3 Å². The van der Waals surface area contributed by atoms with E-state index in [1.165, 1.54) is 0 Å². The summed E-state index contributed by atoms with van der Waals surface area (Å²) in [7, 11) is 1.93. The molecule has 0 aliphatic rings. The molecule has 0 spiro atoms. The molecular formula is C13H16BrClN4. The number of hydrogen-bond acceptors (Lipinski definition) is 3. The first-order valence-corrected chi connectivity index (χ1v) is 7.09. The van der Waals surface area contributed by atoms with E-state index in [1.54, 1.807) is 0 Å². The van der Waals surface area contributed by atoms with E-state index in [0.717, 1.165) is 32.9 Å². The van der Waals surface area contributed by atoms with Crippen LogP contribution in [0.1, 0.15) is 23.0 Å². The van der Waals surface area contributed by atoms with Crippen molar-refractivity contribution >= 4 is 27.5 Å². The second-order valence-electron chi connectivity index (χ2n) is 4.44. The van der Waals surface area contributed by atoms with Gasteiger partial charge in [0.05, 0.1) is 21.9 Å². The lowest BCUT2D eigenvalue weighted by atomic mass is 10.0. The van der Waals surface area contributed by atoms with Crippen LogP contribution in [0.5, 0.6) is 0 Å². The van der Waals surface area contributed by atoms with Crippen LogP contribution in [-0.4, -0.2) is 9.78 Å². The molecule has 4 nitrogen and oxygen atoms in total. The molecule has 1 aromatic carbocycles. The van der Waals surface area contributed by atoms with E-state index < -0.39 is 0 Å². The summed E-state index contributed by atoms with van der Waals surface area (Å²) in [5.41, 5.74) is 6.02. The zero-order valence-electron chi connectivity index (χ0n) is 10.8. The van der Waals surface area contributed by atoms with Crippen molar-refractivity contribution in [3.8, 4) is 0 Å². The monoisotopic (exact) mass is 342 g/mol. The maximum atomic E-state index is 5.90. The van der Waals surface area contributed by atoms with Crippen LogP contribution in [-0.2, 0) is 13.5 Å². The van der Waals surface area contributed by atoms with E-state index in [2.05, 4.69) is 26.5 Å². The van der Waals surface area contributed by atoms with Gasteiger partial charge in [-0.05, 0) is 40.5 Å². The van der Waals surface area contributed by atoms with Gasteiger partial charge in [0.15, 0.2) is 0 Å². The molecule has 0 bridgehead atoms. The number of aromatic nitrogens is 2. The van der Waals surface area contributed by atoms with E-state index in [9.17, 15) is 0 Å². The van der Waals surface area contributed by atoms with Crippen LogP contribution >= 0.6 is 27.5 Å². The Balaban J connectivity index is 2.26. The minimum atomic E-state index is 0.0170. The Labute approximate surface area is 126 Å². The molecule has 1 heterocycles. The van der Waals surface area contributed by atoms with E-state index in [0.29, 0.717) is 0 Å². The molecule has 0 saturated heterocycles. The van der Waals surface area contributed by atoms with Crippen molar-refractivity contribution in [2.45, 2.75) is 19.4 Å². The van der Waals surface area contributed by atoms with Gasteiger partial charge in [0.1, 0.15) is 0 Å². The molecule has 0 amide bonds. The summed E-state index contributed by atoms with van der Waals surface area (Å²) >= 11 is 9.47. The third kappa shape index (κ3) is 3.17. The molecule has 3 N–H and O–H groups in total. The van der Waals surface area contributed by atoms with Gasteiger partial charge in [-0.1, -0.05) is 23.7 Å². The van der Waals surface area contributed by atoms with Crippen LogP contribution in [0.15, 0.2) is 28.7 Å². The fourth-order valence-corrected chi connectivity index (χ4v) is 2.69. The average molecular weight is 344 g/mol. The third-order valence-electron chi connectivity index (χ3n) is 3.13. The first-order valence-electron chi connectivity index (χ1n) is 5.92. The minimum Gasteiger partial charge on any atom is -0.271 e. The highest BCUT2D eigenvalue weighted by molar-refractivity contribution is 9.10. The number of nitrogens with zero attached hydrogens (tertiary/aromatic N) is 2. The maximum Gasteiger partial charge on any atom is 0.0738 e. The quantitative estimate of drug-likeness (QED) is 0.663. The molecular weight excluding hydrogens is 328 g/mol. The Bertz CT molecular complexity index is 565. The molecule has 0 fully saturated rings. The maximum absolute atomic E-state index is 5.90. The summed E-state index contributed by atoms with van der Waals surface area (Å²) in [6.07, 6.45) is 0.746. The van der Waals surface area contributed by atoms with Crippen molar-refractivity contribution in [3.63, 3.8) is 0 Å². The summed E-state index contributed by atoms with van der Waals surface area (Å²) in [6.45, 7) is 1.97. The predicted octanol–water partition coefficient (Wildman–Crippen LogP) is 2.89. The molecule has 2 aromatic rings. The molecule has 0 aliphatic carbocycles. The lowest BCUT2D eigenvalue weighted by molar-refractivity contribution is 0.529. The Kier molecular flexibility index (Phi) is 4.62. The first kappa shape index (κ1) is 14.5. The molecule has 0 radical (unpaired) electrons. The summed E-state index contributed by atoms with van der Waals surface area (Å²) in [5.74, 6) is 5.67. The first-order chi connectivity index (χ1) is 9.02. The number of nitrogens with two attached hydrogens (primary N) is 1. The molecule has 6 heteroatoms. The lowest BCUT2D eigenvalue weighted by Crippen LogP contribution is -2.30. The summed E-state index contributed by atoms with van der Waals surface area (Å²) < 4.78 is 2.91. The SMILES string of the molecule is Cc1nn(C)c(CC(NN)c2ccc(Cl)cc2)c1Br. The van der Waals surface area contributed by atoms with Crippen LogP contribution in [0.3, 0.4) is 0 Å². The Morgan fingerprint density at radius 1 is 1.42 bits per heavy atom. The third-order valence-corrected chi connectivity index (χ3v) is 4.42. The van der Waals surface area contributed by atoms with Crippen molar-refractivity contribution in [1.29, 1.82) is 0 Å². The van der Waals surface area contributed by atoms with Gasteiger partial charge in [0.2, 0.25) is 0 Å². The number of nitrogens with one attached hydrogen (secondary N) is 1. The molecule has 2 rings (SSSR count). The van der Waals surface area contributed by atoms with Gasteiger partial charge < -0.3 is 0 Å². The minimum absolute atomic E-state index is 0.0170. The number of rotatable bonds is 4. The van der Waals surface area contributed by atoms with Crippen molar-refractivity contribution in [2.75, 3.05) is 0 Å². The predicted molar refractivity (Wildman–Crippen MR) is 80.9 cm³/mol. The van der Waals surface area contributed by atoms with Crippen LogP contribution in [0.4, 0.5) is 0 Å². The largest absolute Gasteiger partial charge is 0.271 e. The van der Waals surface area contributed by atoms with E-state index in [4.69, 9.17) is 17.4 Å². The number of aryl methyl sites for hydroxylation is 2. The van der Waals surface area contributed by atoms with Gasteiger partial charge in [-0.25, -0.2) is 0 Å². The number of hydrazine groups is 1. The summed E-state index contributed by atoms with van der Waals surface area (Å²) in [5, 5.41) is 5.11. The molecule has 0 saturated carbocycles. The summed E-state index contributed by atoms with van der Waals surface area (Å²) in [4.78, 5) is 0. The topological polar surface area (TPSA) is 55.9 Å². The normalized spacial score (nSPS) is 12.7. The Hall–Kier alpha value is -0.880. The molecule has 102 valence electrons. The fraction of sp³-hybridized carbons (Fsp3) is 0.308. The number of hydrogen-bond donors (Lipinski definition) is 2. The Morgan fingerprint density at radius 3 is 2.53 bits per heavy atom. The van der Waals surface area contributed by atoms with E-state index >= 15 is 0 Å². The average Bonchev–Trinajstić information content (AvgIpc) is 2.63. The van der Waals surface area contributed by atoms with E-state index in [-0.39, 0.29) is 6.04 Å². The second kappa shape index (κ2) is 6.05. The molecule has 1 atom stereocenters. The molecule has 19 heavy (non-hydrogen) atoms. The van der Waals surface area contributed by atoms with Crippen molar-refractivity contribution in [2.24, 2.45) is 12.9 Å². The standard InChI is InChI=1S/C13H16BrClN4/c1-8-13(14)12(19(2)18-8)7-11(17-16)9-3-5-10(15)6-4-9/h3-6,11,17H,7,16H2,1-2H3. The fourth-order valence-electron chi connectivity index (χ4n) is 2.06. The van der Waals surface area contributed by atoms with Crippen molar-refractivity contribution < 1.29 is 0 Å². The van der Waals surface area contributed by atoms with Crippen LogP contribution in [0.25, 0.3) is 0 Å². The van der Waals surface area contributed by atoms with E-state index in [1.807, 2.05) is 42.9 Å². The van der Waals surface area contributed by atoms with Crippen LogP contribution in [0, 0.1) is 6.92 Å². The molecule has 0 aliphatic heterocycles. The zero-order chi connectivity index (χ0) is 14.0. The molecule has 1 unspecified atom stereocenters.